The zero-order chi connectivity index (χ0) is 9.26. The van der Waals surface area contributed by atoms with Gasteiger partial charge in [-0.05, 0) is 25.2 Å². The van der Waals surface area contributed by atoms with Crippen LogP contribution < -0.4 is 0 Å². The summed E-state index contributed by atoms with van der Waals surface area (Å²) in [5.41, 5.74) is 0. The topological polar surface area (TPSA) is 38.9 Å². The van der Waals surface area contributed by atoms with Crippen molar-refractivity contribution < 1.29 is 4.52 Å². The van der Waals surface area contributed by atoms with Crippen molar-refractivity contribution in [2.75, 3.05) is 0 Å². The molecular weight excluding hydrogens is 188 g/mol. The standard InChI is InChI=1S/C9H13ClN2O/c1-6-2-3-7(4-6)9-11-8(5-10)13-12-9/h6-7H,2-5H2,1H3. The van der Waals surface area contributed by atoms with Gasteiger partial charge in [0.05, 0.1) is 0 Å². The first-order valence-corrected chi connectivity index (χ1v) is 5.21. The van der Waals surface area contributed by atoms with Crippen LogP contribution in [0.15, 0.2) is 4.52 Å². The highest BCUT2D eigenvalue weighted by molar-refractivity contribution is 6.16. The fraction of sp³-hybridized carbons (Fsp3) is 0.778. The van der Waals surface area contributed by atoms with Gasteiger partial charge in [-0.25, -0.2) is 0 Å². The Balaban J connectivity index is 2.08. The first-order valence-electron chi connectivity index (χ1n) is 4.68. The lowest BCUT2D eigenvalue weighted by atomic mass is 10.1. The lowest BCUT2D eigenvalue weighted by Crippen LogP contribution is -1.96. The molecule has 1 heterocycles. The summed E-state index contributed by atoms with van der Waals surface area (Å²) in [5.74, 6) is 2.99. The molecule has 1 aliphatic carbocycles. The van der Waals surface area contributed by atoms with Gasteiger partial charge in [0.15, 0.2) is 5.82 Å². The van der Waals surface area contributed by atoms with E-state index < -0.39 is 0 Å². The van der Waals surface area contributed by atoms with Gasteiger partial charge < -0.3 is 4.52 Å². The molecule has 0 bridgehead atoms. The summed E-state index contributed by atoms with van der Waals surface area (Å²) < 4.78 is 4.97. The second-order valence-electron chi connectivity index (χ2n) is 3.80. The Kier molecular flexibility index (Phi) is 2.54. The number of halogens is 1. The molecule has 13 heavy (non-hydrogen) atoms. The minimum absolute atomic E-state index is 0.315. The molecule has 0 aliphatic heterocycles. The van der Waals surface area contributed by atoms with E-state index in [2.05, 4.69) is 17.1 Å². The number of aromatic nitrogens is 2. The molecule has 0 spiro atoms. The van der Waals surface area contributed by atoms with Crippen LogP contribution in [-0.4, -0.2) is 10.1 Å². The van der Waals surface area contributed by atoms with Gasteiger partial charge in [0.2, 0.25) is 5.89 Å². The van der Waals surface area contributed by atoms with E-state index in [1.807, 2.05) is 0 Å². The fourth-order valence-corrected chi connectivity index (χ4v) is 2.04. The fourth-order valence-electron chi connectivity index (χ4n) is 1.93. The smallest absolute Gasteiger partial charge is 0.241 e. The number of hydrogen-bond donors (Lipinski definition) is 0. The average molecular weight is 201 g/mol. The molecule has 1 saturated carbocycles. The summed E-state index contributed by atoms with van der Waals surface area (Å²) >= 11 is 5.58. The minimum atomic E-state index is 0.315. The van der Waals surface area contributed by atoms with Crippen molar-refractivity contribution in [2.45, 2.75) is 38.0 Å². The third-order valence-electron chi connectivity index (χ3n) is 2.66. The first kappa shape index (κ1) is 9.00. The summed E-state index contributed by atoms with van der Waals surface area (Å²) in [6.07, 6.45) is 3.64. The Bertz CT molecular complexity index is 287. The van der Waals surface area contributed by atoms with Crippen molar-refractivity contribution >= 4 is 11.6 Å². The molecule has 2 atom stereocenters. The van der Waals surface area contributed by atoms with Crippen molar-refractivity contribution in [3.05, 3.63) is 11.7 Å². The third kappa shape index (κ3) is 1.85. The van der Waals surface area contributed by atoms with E-state index in [0.717, 1.165) is 11.7 Å². The van der Waals surface area contributed by atoms with Gasteiger partial charge in [0.25, 0.3) is 0 Å². The van der Waals surface area contributed by atoms with Gasteiger partial charge in [-0.15, -0.1) is 11.6 Å². The van der Waals surface area contributed by atoms with Gasteiger partial charge in [-0.3, -0.25) is 0 Å². The molecule has 4 heteroatoms. The molecule has 0 radical (unpaired) electrons. The van der Waals surface area contributed by atoms with E-state index in [1.54, 1.807) is 0 Å². The molecule has 1 aromatic rings. The Morgan fingerprint density at radius 3 is 2.92 bits per heavy atom. The van der Waals surface area contributed by atoms with Crippen molar-refractivity contribution in [3.8, 4) is 0 Å². The zero-order valence-corrected chi connectivity index (χ0v) is 8.42. The summed E-state index contributed by atoms with van der Waals surface area (Å²) in [7, 11) is 0. The lowest BCUT2D eigenvalue weighted by Gasteiger charge is -2.01. The normalized spacial score (nSPS) is 28.2. The van der Waals surface area contributed by atoms with Gasteiger partial charge in [-0.2, -0.15) is 4.98 Å². The third-order valence-corrected chi connectivity index (χ3v) is 2.89. The number of rotatable bonds is 2. The van der Waals surface area contributed by atoms with Crippen LogP contribution in [0.2, 0.25) is 0 Å². The average Bonchev–Trinajstić information content (AvgIpc) is 2.71. The highest BCUT2D eigenvalue weighted by atomic mass is 35.5. The molecule has 1 aromatic heterocycles. The highest BCUT2D eigenvalue weighted by Crippen LogP contribution is 2.36. The molecular formula is C9H13ClN2O. The molecule has 1 fully saturated rings. The quantitative estimate of drug-likeness (QED) is 0.690. The van der Waals surface area contributed by atoms with Crippen molar-refractivity contribution in [1.82, 2.24) is 10.1 Å². The van der Waals surface area contributed by atoms with Gasteiger partial charge >= 0.3 is 0 Å². The SMILES string of the molecule is CC1CCC(c2noc(CCl)n2)C1. The maximum Gasteiger partial charge on any atom is 0.241 e. The molecule has 0 saturated heterocycles. The van der Waals surface area contributed by atoms with Crippen LogP contribution in [0.1, 0.15) is 43.8 Å². The maximum absolute atomic E-state index is 5.58. The maximum atomic E-state index is 5.58. The molecule has 3 nitrogen and oxygen atoms in total. The van der Waals surface area contributed by atoms with E-state index in [4.69, 9.17) is 16.1 Å². The van der Waals surface area contributed by atoms with Crippen LogP contribution in [0.4, 0.5) is 0 Å². The molecule has 1 aliphatic rings. The molecule has 0 amide bonds. The molecule has 0 aromatic carbocycles. The van der Waals surface area contributed by atoms with E-state index in [1.165, 1.54) is 19.3 Å². The Morgan fingerprint density at radius 2 is 2.38 bits per heavy atom. The number of nitrogens with zero attached hydrogens (tertiary/aromatic N) is 2. The summed E-state index contributed by atoms with van der Waals surface area (Å²) in [6.45, 7) is 2.27. The second-order valence-corrected chi connectivity index (χ2v) is 4.06. The number of hydrogen-bond acceptors (Lipinski definition) is 3. The van der Waals surface area contributed by atoms with Crippen LogP contribution in [0.3, 0.4) is 0 Å². The minimum Gasteiger partial charge on any atom is -0.338 e. The van der Waals surface area contributed by atoms with Gasteiger partial charge in [-0.1, -0.05) is 12.1 Å². The van der Waals surface area contributed by atoms with Crippen LogP contribution in [0.25, 0.3) is 0 Å². The second kappa shape index (κ2) is 3.66. The molecule has 0 N–H and O–H groups in total. The Labute approximate surface area is 82.5 Å². The zero-order valence-electron chi connectivity index (χ0n) is 7.66. The lowest BCUT2D eigenvalue weighted by molar-refractivity contribution is 0.379. The molecule has 72 valence electrons. The van der Waals surface area contributed by atoms with Crippen LogP contribution in [0, 0.1) is 5.92 Å². The largest absolute Gasteiger partial charge is 0.338 e. The van der Waals surface area contributed by atoms with Crippen molar-refractivity contribution in [3.63, 3.8) is 0 Å². The Hall–Kier alpha value is -0.570. The number of alkyl halides is 1. The van der Waals surface area contributed by atoms with Gasteiger partial charge in [0.1, 0.15) is 5.88 Å². The molecule has 2 rings (SSSR count). The monoisotopic (exact) mass is 200 g/mol. The Morgan fingerprint density at radius 1 is 1.54 bits per heavy atom. The summed E-state index contributed by atoms with van der Waals surface area (Å²) in [5, 5.41) is 3.93. The highest BCUT2D eigenvalue weighted by Gasteiger charge is 2.26. The van der Waals surface area contributed by atoms with Crippen molar-refractivity contribution in [1.29, 1.82) is 0 Å². The van der Waals surface area contributed by atoms with E-state index in [9.17, 15) is 0 Å². The van der Waals surface area contributed by atoms with Gasteiger partial charge in [0, 0.05) is 5.92 Å². The van der Waals surface area contributed by atoms with E-state index in [0.29, 0.717) is 17.7 Å². The predicted molar refractivity (Wildman–Crippen MR) is 49.6 cm³/mol. The van der Waals surface area contributed by atoms with Crippen LogP contribution in [-0.2, 0) is 5.88 Å². The first-order chi connectivity index (χ1) is 6.29. The van der Waals surface area contributed by atoms with E-state index >= 15 is 0 Å². The van der Waals surface area contributed by atoms with Crippen molar-refractivity contribution in [2.24, 2.45) is 5.92 Å². The van der Waals surface area contributed by atoms with Crippen LogP contribution in [0.5, 0.6) is 0 Å². The predicted octanol–water partition coefficient (Wildman–Crippen LogP) is 2.71. The van der Waals surface area contributed by atoms with E-state index in [-0.39, 0.29) is 0 Å². The summed E-state index contributed by atoms with van der Waals surface area (Å²) in [6, 6.07) is 0. The summed E-state index contributed by atoms with van der Waals surface area (Å²) in [4.78, 5) is 4.24. The molecule has 2 unspecified atom stereocenters. The van der Waals surface area contributed by atoms with Crippen LogP contribution >= 0.6 is 11.6 Å².